The summed E-state index contributed by atoms with van der Waals surface area (Å²) in [5.41, 5.74) is 6.89. The van der Waals surface area contributed by atoms with Gasteiger partial charge in [-0.25, -0.2) is 5.90 Å². The van der Waals surface area contributed by atoms with Gasteiger partial charge in [0.05, 0.1) is 12.2 Å². The highest BCUT2D eigenvalue weighted by Crippen LogP contribution is 2.40. The molecule has 0 spiro atoms. The molecule has 104 valence electrons. The van der Waals surface area contributed by atoms with Crippen molar-refractivity contribution in [3.63, 3.8) is 0 Å². The Hall–Kier alpha value is -1.47. The first kappa shape index (κ1) is 14.9. The van der Waals surface area contributed by atoms with Crippen molar-refractivity contribution in [3.05, 3.63) is 59.7 Å². The third kappa shape index (κ3) is 3.77. The summed E-state index contributed by atoms with van der Waals surface area (Å²) in [6.07, 6.45) is 0. The number of hydrogen-bond donors (Lipinski definition) is 2. The zero-order valence-electron chi connectivity index (χ0n) is 10.6. The average molecular weight is 306 g/mol. The van der Waals surface area contributed by atoms with Crippen LogP contribution in [-0.4, -0.2) is 5.91 Å². The van der Waals surface area contributed by atoms with Crippen LogP contribution in [0.15, 0.2) is 58.3 Å². The second-order valence-corrected chi connectivity index (χ2v) is 6.16. The predicted octanol–water partition coefficient (Wildman–Crippen LogP) is 2.98. The van der Waals surface area contributed by atoms with Gasteiger partial charge in [0.1, 0.15) is 0 Å². The van der Waals surface area contributed by atoms with Gasteiger partial charge in [-0.15, -0.1) is 0 Å². The van der Waals surface area contributed by atoms with Gasteiger partial charge in [0.15, 0.2) is 0 Å². The number of carbonyl (C=O) groups is 1. The lowest BCUT2D eigenvalue weighted by atomic mass is 10.2. The maximum absolute atomic E-state index is 11.4. The minimum atomic E-state index is -0.424. The van der Waals surface area contributed by atoms with Crippen molar-refractivity contribution in [2.75, 3.05) is 0 Å². The van der Waals surface area contributed by atoms with E-state index in [4.69, 9.17) is 11.6 Å². The molecule has 0 unspecified atom stereocenters. The fourth-order valence-corrected chi connectivity index (χ4v) is 4.03. The maximum Gasteiger partial charge on any atom is 0.249 e. The van der Waals surface area contributed by atoms with E-state index in [0.29, 0.717) is 12.2 Å². The molecule has 0 saturated carbocycles. The van der Waals surface area contributed by atoms with Crippen LogP contribution in [0.1, 0.15) is 15.9 Å². The fourth-order valence-electron chi connectivity index (χ4n) is 1.63. The first-order valence-corrected chi connectivity index (χ1v) is 8.00. The molecule has 2 aromatic carbocycles. The van der Waals surface area contributed by atoms with Gasteiger partial charge in [-0.3, -0.25) is 9.63 Å². The van der Waals surface area contributed by atoms with Crippen LogP contribution in [0.2, 0.25) is 0 Å². The lowest BCUT2D eigenvalue weighted by molar-refractivity contribution is 0.0997. The molecule has 0 heterocycles. The van der Waals surface area contributed by atoms with Crippen molar-refractivity contribution in [2.45, 2.75) is 16.4 Å². The largest absolute Gasteiger partial charge is 0.366 e. The lowest BCUT2D eigenvalue weighted by Crippen LogP contribution is -2.11. The van der Waals surface area contributed by atoms with E-state index in [1.807, 2.05) is 36.4 Å². The van der Waals surface area contributed by atoms with Crippen LogP contribution < -0.4 is 11.6 Å². The van der Waals surface area contributed by atoms with Crippen molar-refractivity contribution >= 4 is 27.5 Å². The zero-order valence-corrected chi connectivity index (χ0v) is 12.2. The van der Waals surface area contributed by atoms with Crippen LogP contribution >= 0.6 is 21.6 Å². The van der Waals surface area contributed by atoms with Crippen LogP contribution in [0.3, 0.4) is 0 Å². The standard InChI is InChI=1S/C14H14N2O2S2/c15-14(17)11-6-2-4-8-13(11)20-19-12-7-3-1-5-10(12)9-18-16/h1-8H,9,16H2,(H2,15,17). The summed E-state index contributed by atoms with van der Waals surface area (Å²) in [5.74, 6) is 4.70. The SMILES string of the molecule is NOCc1ccccc1SSc1ccccc1C(N)=O. The summed E-state index contributed by atoms with van der Waals surface area (Å²) in [5, 5.41) is 0. The molecule has 0 radical (unpaired) electrons. The zero-order chi connectivity index (χ0) is 14.4. The van der Waals surface area contributed by atoms with Crippen LogP contribution in [0.4, 0.5) is 0 Å². The first-order valence-electron chi connectivity index (χ1n) is 5.85. The van der Waals surface area contributed by atoms with Crippen molar-refractivity contribution in [1.29, 1.82) is 0 Å². The predicted molar refractivity (Wildman–Crippen MR) is 82.1 cm³/mol. The Morgan fingerprint density at radius 1 is 1.00 bits per heavy atom. The van der Waals surface area contributed by atoms with Gasteiger partial charge >= 0.3 is 0 Å². The minimum absolute atomic E-state index is 0.348. The number of primary amides is 1. The first-order chi connectivity index (χ1) is 9.72. The van der Waals surface area contributed by atoms with Gasteiger partial charge in [-0.2, -0.15) is 0 Å². The van der Waals surface area contributed by atoms with Crippen LogP contribution in [-0.2, 0) is 11.4 Å². The molecule has 6 heteroatoms. The Bertz CT molecular complexity index is 605. The van der Waals surface area contributed by atoms with E-state index in [-0.39, 0.29) is 0 Å². The van der Waals surface area contributed by atoms with E-state index in [0.717, 1.165) is 15.4 Å². The topological polar surface area (TPSA) is 78.3 Å². The van der Waals surface area contributed by atoms with Crippen LogP contribution in [0, 0.1) is 0 Å². The summed E-state index contributed by atoms with van der Waals surface area (Å²) >= 11 is 0. The third-order valence-electron chi connectivity index (χ3n) is 2.59. The van der Waals surface area contributed by atoms with E-state index >= 15 is 0 Å². The molecule has 0 aliphatic carbocycles. The average Bonchev–Trinajstić information content (AvgIpc) is 2.47. The molecule has 0 saturated heterocycles. The summed E-state index contributed by atoms with van der Waals surface area (Å²) in [7, 11) is 3.03. The summed E-state index contributed by atoms with van der Waals surface area (Å²) in [6.45, 7) is 0.348. The van der Waals surface area contributed by atoms with E-state index in [1.54, 1.807) is 22.9 Å². The van der Waals surface area contributed by atoms with Crippen molar-refractivity contribution in [3.8, 4) is 0 Å². The highest BCUT2D eigenvalue weighted by molar-refractivity contribution is 8.76. The quantitative estimate of drug-likeness (QED) is 0.633. The Morgan fingerprint density at radius 2 is 1.60 bits per heavy atom. The molecule has 20 heavy (non-hydrogen) atoms. The molecule has 4 nitrogen and oxygen atoms in total. The molecule has 4 N–H and O–H groups in total. The summed E-state index contributed by atoms with van der Waals surface area (Å²) < 4.78 is 0. The van der Waals surface area contributed by atoms with E-state index in [9.17, 15) is 4.79 Å². The summed E-state index contributed by atoms with van der Waals surface area (Å²) in [6, 6.07) is 15.1. The molecular weight excluding hydrogens is 292 g/mol. The van der Waals surface area contributed by atoms with Crippen molar-refractivity contribution < 1.29 is 9.63 Å². The maximum atomic E-state index is 11.4. The Labute approximate surface area is 125 Å². The van der Waals surface area contributed by atoms with Crippen molar-refractivity contribution in [1.82, 2.24) is 0 Å². The highest BCUT2D eigenvalue weighted by atomic mass is 33.1. The molecule has 0 bridgehead atoms. The fraction of sp³-hybridized carbons (Fsp3) is 0.0714. The second kappa shape index (κ2) is 7.35. The molecule has 0 aliphatic rings. The third-order valence-corrected chi connectivity index (χ3v) is 5.11. The number of rotatable bonds is 6. The number of nitrogens with two attached hydrogens (primary N) is 2. The molecule has 1 amide bonds. The smallest absolute Gasteiger partial charge is 0.249 e. The van der Waals surface area contributed by atoms with Gasteiger partial charge < -0.3 is 5.73 Å². The molecule has 0 atom stereocenters. The van der Waals surface area contributed by atoms with Crippen LogP contribution in [0.25, 0.3) is 0 Å². The molecule has 2 aromatic rings. The number of amides is 1. The number of carbonyl (C=O) groups excluding carboxylic acids is 1. The van der Waals surface area contributed by atoms with Gasteiger partial charge in [-0.05, 0) is 23.8 Å². The molecule has 0 fully saturated rings. The normalized spacial score (nSPS) is 10.4. The molecule has 2 rings (SSSR count). The Kier molecular flexibility index (Phi) is 5.49. The van der Waals surface area contributed by atoms with Gasteiger partial charge in [0.2, 0.25) is 5.91 Å². The monoisotopic (exact) mass is 306 g/mol. The molecular formula is C14H14N2O2S2. The lowest BCUT2D eigenvalue weighted by Gasteiger charge is -2.08. The molecule has 0 aromatic heterocycles. The van der Waals surface area contributed by atoms with E-state index < -0.39 is 5.91 Å². The Morgan fingerprint density at radius 3 is 2.30 bits per heavy atom. The van der Waals surface area contributed by atoms with Gasteiger partial charge in [0.25, 0.3) is 0 Å². The minimum Gasteiger partial charge on any atom is -0.366 e. The second-order valence-electron chi connectivity index (χ2n) is 3.95. The summed E-state index contributed by atoms with van der Waals surface area (Å²) in [4.78, 5) is 17.9. The number of benzene rings is 2. The highest BCUT2D eigenvalue weighted by Gasteiger charge is 2.10. The van der Waals surface area contributed by atoms with Gasteiger partial charge in [-0.1, -0.05) is 51.9 Å². The van der Waals surface area contributed by atoms with Gasteiger partial charge in [0, 0.05) is 9.79 Å². The van der Waals surface area contributed by atoms with Crippen molar-refractivity contribution in [2.24, 2.45) is 11.6 Å². The Balaban J connectivity index is 2.15. The number of hydrogen-bond acceptors (Lipinski definition) is 5. The van der Waals surface area contributed by atoms with E-state index in [1.165, 1.54) is 10.8 Å². The van der Waals surface area contributed by atoms with Crippen LogP contribution in [0.5, 0.6) is 0 Å². The molecule has 0 aliphatic heterocycles. The van der Waals surface area contributed by atoms with E-state index in [2.05, 4.69) is 4.84 Å².